The van der Waals surface area contributed by atoms with Crippen molar-refractivity contribution in [2.75, 3.05) is 0 Å². The summed E-state index contributed by atoms with van der Waals surface area (Å²) in [6, 6.07) is 5.51. The molecule has 0 aromatic heterocycles. The Labute approximate surface area is 90.9 Å². The van der Waals surface area contributed by atoms with Gasteiger partial charge in [-0.05, 0) is 29.0 Å². The van der Waals surface area contributed by atoms with E-state index in [9.17, 15) is 4.79 Å². The summed E-state index contributed by atoms with van der Waals surface area (Å²) in [7, 11) is 0. The molecule has 0 unspecified atom stereocenters. The van der Waals surface area contributed by atoms with Crippen molar-refractivity contribution >= 4 is 5.97 Å². The SMILES string of the molecule is CCc1cccc(C(=O)O)c1C(C)(C)C. The number of rotatable bonds is 2. The lowest BCUT2D eigenvalue weighted by Gasteiger charge is -2.24. The molecule has 0 atom stereocenters. The van der Waals surface area contributed by atoms with E-state index in [1.165, 1.54) is 0 Å². The number of benzene rings is 1. The third kappa shape index (κ3) is 2.38. The topological polar surface area (TPSA) is 37.3 Å². The minimum atomic E-state index is -0.838. The molecule has 1 N–H and O–H groups in total. The highest BCUT2D eigenvalue weighted by Gasteiger charge is 2.23. The molecule has 0 spiro atoms. The zero-order valence-corrected chi connectivity index (χ0v) is 9.79. The summed E-state index contributed by atoms with van der Waals surface area (Å²) in [5, 5.41) is 9.15. The number of aryl methyl sites for hydroxylation is 1. The maximum atomic E-state index is 11.1. The van der Waals surface area contributed by atoms with Crippen molar-refractivity contribution in [3.8, 4) is 0 Å². The molecule has 0 aliphatic heterocycles. The van der Waals surface area contributed by atoms with Gasteiger partial charge in [0.15, 0.2) is 0 Å². The first-order chi connectivity index (χ1) is 6.88. The molecule has 0 amide bonds. The first-order valence-electron chi connectivity index (χ1n) is 5.23. The van der Waals surface area contributed by atoms with Crippen LogP contribution in [0.15, 0.2) is 18.2 Å². The first-order valence-corrected chi connectivity index (χ1v) is 5.23. The highest BCUT2D eigenvalue weighted by Crippen LogP contribution is 2.29. The highest BCUT2D eigenvalue weighted by molar-refractivity contribution is 5.90. The van der Waals surface area contributed by atoms with E-state index in [2.05, 4.69) is 6.92 Å². The Morgan fingerprint density at radius 1 is 1.33 bits per heavy atom. The average molecular weight is 206 g/mol. The van der Waals surface area contributed by atoms with E-state index in [0.29, 0.717) is 5.56 Å². The zero-order valence-electron chi connectivity index (χ0n) is 9.79. The zero-order chi connectivity index (χ0) is 11.6. The van der Waals surface area contributed by atoms with Gasteiger partial charge >= 0.3 is 5.97 Å². The Balaban J connectivity index is 3.47. The van der Waals surface area contributed by atoms with Crippen LogP contribution in [0.3, 0.4) is 0 Å². The van der Waals surface area contributed by atoms with Crippen molar-refractivity contribution in [3.63, 3.8) is 0 Å². The smallest absolute Gasteiger partial charge is 0.335 e. The van der Waals surface area contributed by atoms with Gasteiger partial charge < -0.3 is 5.11 Å². The summed E-state index contributed by atoms with van der Waals surface area (Å²) >= 11 is 0. The second-order valence-corrected chi connectivity index (χ2v) is 4.75. The van der Waals surface area contributed by atoms with E-state index in [1.807, 2.05) is 32.9 Å². The molecule has 0 radical (unpaired) electrons. The van der Waals surface area contributed by atoms with Crippen molar-refractivity contribution in [1.29, 1.82) is 0 Å². The van der Waals surface area contributed by atoms with Gasteiger partial charge in [-0.2, -0.15) is 0 Å². The van der Waals surface area contributed by atoms with Gasteiger partial charge in [-0.15, -0.1) is 0 Å². The Bertz CT molecular complexity index is 373. The lowest BCUT2D eigenvalue weighted by molar-refractivity contribution is 0.0694. The van der Waals surface area contributed by atoms with Crippen molar-refractivity contribution in [3.05, 3.63) is 34.9 Å². The Morgan fingerprint density at radius 3 is 2.33 bits per heavy atom. The molecule has 0 fully saturated rings. The third-order valence-corrected chi connectivity index (χ3v) is 2.51. The van der Waals surface area contributed by atoms with Crippen LogP contribution in [-0.4, -0.2) is 11.1 Å². The van der Waals surface area contributed by atoms with Crippen LogP contribution in [0, 0.1) is 0 Å². The molecular weight excluding hydrogens is 188 g/mol. The van der Waals surface area contributed by atoms with Crippen molar-refractivity contribution < 1.29 is 9.90 Å². The van der Waals surface area contributed by atoms with Crippen LogP contribution in [0.5, 0.6) is 0 Å². The van der Waals surface area contributed by atoms with Gasteiger partial charge in [0, 0.05) is 0 Å². The van der Waals surface area contributed by atoms with Crippen LogP contribution >= 0.6 is 0 Å². The lowest BCUT2D eigenvalue weighted by atomic mass is 9.80. The van der Waals surface area contributed by atoms with Gasteiger partial charge in [-0.25, -0.2) is 4.79 Å². The van der Waals surface area contributed by atoms with Crippen LogP contribution in [-0.2, 0) is 11.8 Å². The second-order valence-electron chi connectivity index (χ2n) is 4.75. The predicted octanol–water partition coefficient (Wildman–Crippen LogP) is 3.24. The maximum Gasteiger partial charge on any atom is 0.335 e. The Morgan fingerprint density at radius 2 is 1.93 bits per heavy atom. The molecule has 1 aromatic rings. The number of hydrogen-bond acceptors (Lipinski definition) is 1. The molecule has 2 nitrogen and oxygen atoms in total. The van der Waals surface area contributed by atoms with E-state index in [-0.39, 0.29) is 5.41 Å². The van der Waals surface area contributed by atoms with Gasteiger partial charge in [0.1, 0.15) is 0 Å². The Hall–Kier alpha value is -1.31. The van der Waals surface area contributed by atoms with Crippen LogP contribution in [0.2, 0.25) is 0 Å². The fourth-order valence-electron chi connectivity index (χ4n) is 1.96. The molecular formula is C13H18O2. The van der Waals surface area contributed by atoms with E-state index in [0.717, 1.165) is 17.5 Å². The van der Waals surface area contributed by atoms with E-state index >= 15 is 0 Å². The van der Waals surface area contributed by atoms with E-state index in [1.54, 1.807) is 6.07 Å². The normalized spacial score (nSPS) is 11.5. The maximum absolute atomic E-state index is 11.1. The summed E-state index contributed by atoms with van der Waals surface area (Å²) in [6.07, 6.45) is 0.869. The summed E-state index contributed by atoms with van der Waals surface area (Å²) in [5.74, 6) is -0.838. The van der Waals surface area contributed by atoms with Crippen molar-refractivity contribution in [2.24, 2.45) is 0 Å². The monoisotopic (exact) mass is 206 g/mol. The predicted molar refractivity (Wildman–Crippen MR) is 61.5 cm³/mol. The first kappa shape index (κ1) is 11.8. The number of aromatic carboxylic acids is 1. The third-order valence-electron chi connectivity index (χ3n) is 2.51. The molecule has 15 heavy (non-hydrogen) atoms. The molecule has 0 saturated carbocycles. The molecule has 2 heteroatoms. The summed E-state index contributed by atoms with van der Waals surface area (Å²) < 4.78 is 0. The van der Waals surface area contributed by atoms with Crippen LogP contribution in [0.4, 0.5) is 0 Å². The molecule has 1 rings (SSSR count). The van der Waals surface area contributed by atoms with Gasteiger partial charge in [0.05, 0.1) is 5.56 Å². The van der Waals surface area contributed by atoms with Crippen LogP contribution in [0.1, 0.15) is 49.2 Å². The average Bonchev–Trinajstić information content (AvgIpc) is 2.15. The van der Waals surface area contributed by atoms with Crippen molar-refractivity contribution in [2.45, 2.75) is 39.5 Å². The van der Waals surface area contributed by atoms with Gasteiger partial charge in [-0.3, -0.25) is 0 Å². The van der Waals surface area contributed by atoms with Gasteiger partial charge in [0.2, 0.25) is 0 Å². The summed E-state index contributed by atoms with van der Waals surface area (Å²) in [5.41, 5.74) is 2.39. The number of carbonyl (C=O) groups is 1. The second kappa shape index (κ2) is 4.05. The van der Waals surface area contributed by atoms with Gasteiger partial charge in [-0.1, -0.05) is 39.8 Å². The minimum Gasteiger partial charge on any atom is -0.478 e. The fraction of sp³-hybridized carbons (Fsp3) is 0.462. The fourth-order valence-corrected chi connectivity index (χ4v) is 1.96. The summed E-state index contributed by atoms with van der Waals surface area (Å²) in [4.78, 5) is 11.1. The molecule has 0 aliphatic rings. The Kier molecular flexibility index (Phi) is 3.18. The number of carboxylic acid groups (broad SMARTS) is 1. The summed E-state index contributed by atoms with van der Waals surface area (Å²) in [6.45, 7) is 8.20. The standard InChI is InChI=1S/C13H18O2/c1-5-9-7-6-8-10(12(14)15)11(9)13(2,3)4/h6-8H,5H2,1-4H3,(H,14,15). The van der Waals surface area contributed by atoms with Crippen molar-refractivity contribution in [1.82, 2.24) is 0 Å². The van der Waals surface area contributed by atoms with Crippen LogP contribution < -0.4 is 0 Å². The number of carboxylic acids is 1. The molecule has 82 valence electrons. The molecule has 1 aromatic carbocycles. The largest absolute Gasteiger partial charge is 0.478 e. The van der Waals surface area contributed by atoms with E-state index in [4.69, 9.17) is 5.11 Å². The highest BCUT2D eigenvalue weighted by atomic mass is 16.4. The molecule has 0 heterocycles. The molecule has 0 bridgehead atoms. The van der Waals surface area contributed by atoms with Gasteiger partial charge in [0.25, 0.3) is 0 Å². The van der Waals surface area contributed by atoms with E-state index < -0.39 is 5.97 Å². The van der Waals surface area contributed by atoms with Crippen LogP contribution in [0.25, 0.3) is 0 Å². The minimum absolute atomic E-state index is 0.125. The molecule has 0 aliphatic carbocycles. The number of hydrogen-bond donors (Lipinski definition) is 1. The lowest BCUT2D eigenvalue weighted by Crippen LogP contribution is -2.19. The quantitative estimate of drug-likeness (QED) is 0.806. The molecule has 0 saturated heterocycles.